The molecule has 0 aliphatic heterocycles. The first kappa shape index (κ1) is 71.3. The molecule has 0 rings (SSSR count). The van der Waals surface area contributed by atoms with Crippen molar-refractivity contribution >= 4 is 11.9 Å². The molecule has 5 heteroatoms. The lowest BCUT2D eigenvalue weighted by molar-refractivity contribution is -0.161. The molecule has 1 N–H and O–H groups in total. The standard InChI is InChI=1S/C71H112O5/c1-3-5-7-9-11-13-15-17-19-21-23-25-27-29-31-33-34-35-36-38-39-41-43-45-47-49-51-53-55-57-59-61-63-65-70(73)75-68-69(67-72)76-71(74)66-64-62-60-58-56-54-52-50-48-46-44-42-40-37-32-30-28-26-24-22-20-18-16-14-12-10-8-6-4-2/h5-8,11-14,17-20,23-26,29-32,34-35,40,42,46,48,52,54,69,72H,3-4,9-10,15-16,21-22,27-28,33,36-39,41,43-45,47,49-51,53,55-68H2,1-2H3/b7-5-,8-6-,13-11-,14-12-,19-17-,20-18-,25-23-,26-24-,31-29-,32-30-,35-34-,42-40-,48-46-,54-52-. The number of ether oxygens (including phenoxy) is 2. The van der Waals surface area contributed by atoms with E-state index in [1.54, 1.807) is 0 Å². The van der Waals surface area contributed by atoms with Gasteiger partial charge in [0.25, 0.3) is 0 Å². The molecule has 0 saturated heterocycles. The molecule has 0 aromatic rings. The van der Waals surface area contributed by atoms with Crippen LogP contribution in [0.15, 0.2) is 170 Å². The summed E-state index contributed by atoms with van der Waals surface area (Å²) in [4.78, 5) is 24.6. The van der Waals surface area contributed by atoms with Gasteiger partial charge in [0.2, 0.25) is 0 Å². The van der Waals surface area contributed by atoms with Crippen LogP contribution in [0.4, 0.5) is 0 Å². The lowest BCUT2D eigenvalue weighted by Crippen LogP contribution is -2.28. The van der Waals surface area contributed by atoms with E-state index in [2.05, 4.69) is 184 Å². The Labute approximate surface area is 468 Å². The SMILES string of the molecule is CC/C=C\C/C=C\C/C=C\C/C=C\C/C=C\C/C=C\C/C=C\C/C=C\CCCCCCC(=O)OC(CO)COC(=O)CCCCCCCCCCCCCCCC/C=C\C/C=C\C/C=C\C/C=C\C/C=C\C/C=C\CC. The fourth-order valence-corrected chi connectivity index (χ4v) is 7.99. The Morgan fingerprint density at radius 2 is 0.526 bits per heavy atom. The lowest BCUT2D eigenvalue weighted by atomic mass is 10.0. The lowest BCUT2D eigenvalue weighted by Gasteiger charge is -2.15. The van der Waals surface area contributed by atoms with E-state index in [1.165, 1.54) is 77.0 Å². The zero-order valence-corrected chi connectivity index (χ0v) is 48.7. The van der Waals surface area contributed by atoms with Gasteiger partial charge in [0.15, 0.2) is 6.10 Å². The number of aliphatic hydroxyl groups excluding tert-OH is 1. The van der Waals surface area contributed by atoms with Gasteiger partial charge in [0.05, 0.1) is 6.61 Å². The molecule has 1 unspecified atom stereocenters. The molecule has 5 nitrogen and oxygen atoms in total. The number of allylic oxidation sites excluding steroid dienone is 28. The summed E-state index contributed by atoms with van der Waals surface area (Å²) < 4.78 is 10.7. The summed E-state index contributed by atoms with van der Waals surface area (Å²) in [6.07, 6.45) is 100. The number of esters is 2. The summed E-state index contributed by atoms with van der Waals surface area (Å²) in [5, 5.41) is 9.67. The number of carbonyl (C=O) groups is 2. The van der Waals surface area contributed by atoms with Gasteiger partial charge in [0, 0.05) is 12.8 Å². The maximum absolute atomic E-state index is 12.3. The van der Waals surface area contributed by atoms with Crippen molar-refractivity contribution in [3.05, 3.63) is 170 Å². The second-order valence-electron chi connectivity index (χ2n) is 19.7. The van der Waals surface area contributed by atoms with E-state index < -0.39 is 6.10 Å². The minimum atomic E-state index is -0.800. The summed E-state index contributed by atoms with van der Waals surface area (Å²) in [5.74, 6) is -0.629. The smallest absolute Gasteiger partial charge is 0.306 e. The summed E-state index contributed by atoms with van der Waals surface area (Å²) in [5.41, 5.74) is 0. The molecule has 0 fully saturated rings. The van der Waals surface area contributed by atoms with Gasteiger partial charge < -0.3 is 14.6 Å². The molecule has 76 heavy (non-hydrogen) atoms. The molecule has 0 bridgehead atoms. The molecular weight excluding hydrogens is 933 g/mol. The van der Waals surface area contributed by atoms with Crippen LogP contribution in [0.1, 0.15) is 245 Å². The van der Waals surface area contributed by atoms with Gasteiger partial charge >= 0.3 is 11.9 Å². The van der Waals surface area contributed by atoms with Crippen molar-refractivity contribution in [2.75, 3.05) is 13.2 Å². The van der Waals surface area contributed by atoms with Crippen LogP contribution in [0.5, 0.6) is 0 Å². The minimum Gasteiger partial charge on any atom is -0.462 e. The van der Waals surface area contributed by atoms with E-state index in [-0.39, 0.29) is 25.2 Å². The molecule has 0 radical (unpaired) electrons. The first-order chi connectivity index (χ1) is 37.6. The van der Waals surface area contributed by atoms with Crippen molar-refractivity contribution in [1.29, 1.82) is 0 Å². The second kappa shape index (κ2) is 64.5. The van der Waals surface area contributed by atoms with Crippen molar-refractivity contribution in [2.45, 2.75) is 251 Å². The highest BCUT2D eigenvalue weighted by Crippen LogP contribution is 2.15. The monoisotopic (exact) mass is 1040 g/mol. The van der Waals surface area contributed by atoms with E-state index in [1.807, 2.05) is 0 Å². The van der Waals surface area contributed by atoms with Gasteiger partial charge in [-0.05, 0) is 128 Å². The highest BCUT2D eigenvalue weighted by Gasteiger charge is 2.16. The molecule has 0 aliphatic carbocycles. The van der Waals surface area contributed by atoms with Gasteiger partial charge in [-0.25, -0.2) is 0 Å². The van der Waals surface area contributed by atoms with Gasteiger partial charge in [0.1, 0.15) is 6.61 Å². The van der Waals surface area contributed by atoms with Crippen molar-refractivity contribution in [2.24, 2.45) is 0 Å². The van der Waals surface area contributed by atoms with Crippen LogP contribution in [0.25, 0.3) is 0 Å². The Morgan fingerprint density at radius 3 is 0.789 bits per heavy atom. The van der Waals surface area contributed by atoms with Crippen LogP contribution in [0.2, 0.25) is 0 Å². The van der Waals surface area contributed by atoms with Crippen LogP contribution in [0, 0.1) is 0 Å². The zero-order valence-electron chi connectivity index (χ0n) is 48.7. The average Bonchev–Trinajstić information content (AvgIpc) is 3.42. The Bertz CT molecular complexity index is 1700. The maximum Gasteiger partial charge on any atom is 0.306 e. The molecule has 0 spiro atoms. The normalized spacial score (nSPS) is 13.5. The molecule has 426 valence electrons. The van der Waals surface area contributed by atoms with Crippen molar-refractivity contribution in [1.82, 2.24) is 0 Å². The van der Waals surface area contributed by atoms with E-state index in [4.69, 9.17) is 9.47 Å². The second-order valence-corrected chi connectivity index (χ2v) is 19.7. The van der Waals surface area contributed by atoms with E-state index in [9.17, 15) is 14.7 Å². The van der Waals surface area contributed by atoms with Gasteiger partial charge in [-0.2, -0.15) is 0 Å². The molecule has 1 atom stereocenters. The molecule has 0 aliphatic rings. The highest BCUT2D eigenvalue weighted by molar-refractivity contribution is 5.70. The van der Waals surface area contributed by atoms with Crippen molar-refractivity contribution < 1.29 is 24.2 Å². The number of unbranched alkanes of at least 4 members (excludes halogenated alkanes) is 18. The van der Waals surface area contributed by atoms with Gasteiger partial charge in [-0.15, -0.1) is 0 Å². The molecule has 0 saturated carbocycles. The van der Waals surface area contributed by atoms with E-state index in [0.29, 0.717) is 12.8 Å². The largest absolute Gasteiger partial charge is 0.462 e. The average molecular weight is 1050 g/mol. The summed E-state index contributed by atoms with van der Waals surface area (Å²) in [6, 6.07) is 0. The number of hydrogen-bond acceptors (Lipinski definition) is 5. The Hall–Kier alpha value is -4.74. The Kier molecular flexibility index (Phi) is 60.5. The topological polar surface area (TPSA) is 72.8 Å². The fraction of sp³-hybridized carbons (Fsp3) is 0.577. The first-order valence-electron chi connectivity index (χ1n) is 30.7. The quantitative estimate of drug-likeness (QED) is 0.0373. The fourth-order valence-electron chi connectivity index (χ4n) is 7.99. The summed E-state index contributed by atoms with van der Waals surface area (Å²) in [7, 11) is 0. The van der Waals surface area contributed by atoms with Crippen LogP contribution in [0.3, 0.4) is 0 Å². The number of aliphatic hydroxyl groups is 1. The molecule has 0 heterocycles. The number of rotatable bonds is 54. The summed E-state index contributed by atoms with van der Waals surface area (Å²) in [6.45, 7) is 3.89. The van der Waals surface area contributed by atoms with Gasteiger partial charge in [-0.3, -0.25) is 9.59 Å². The highest BCUT2D eigenvalue weighted by atomic mass is 16.6. The Balaban J connectivity index is 3.60. The third-order valence-electron chi connectivity index (χ3n) is 12.5. The Morgan fingerprint density at radius 1 is 0.303 bits per heavy atom. The zero-order chi connectivity index (χ0) is 54.8. The predicted octanol–water partition coefficient (Wildman–Crippen LogP) is 21.3. The molecular formula is C71H112O5. The third-order valence-corrected chi connectivity index (χ3v) is 12.5. The van der Waals surface area contributed by atoms with Crippen LogP contribution in [-0.4, -0.2) is 36.4 Å². The maximum atomic E-state index is 12.3. The van der Waals surface area contributed by atoms with Gasteiger partial charge in [-0.1, -0.05) is 274 Å². The predicted molar refractivity (Wildman–Crippen MR) is 333 cm³/mol. The first-order valence-corrected chi connectivity index (χ1v) is 30.7. The molecule has 0 aromatic carbocycles. The number of hydrogen-bond donors (Lipinski definition) is 1. The summed E-state index contributed by atoms with van der Waals surface area (Å²) >= 11 is 0. The van der Waals surface area contributed by atoms with E-state index in [0.717, 1.165) is 141 Å². The van der Waals surface area contributed by atoms with Crippen LogP contribution < -0.4 is 0 Å². The molecule has 0 amide bonds. The number of carbonyl (C=O) groups excluding carboxylic acids is 2. The minimum absolute atomic E-state index is 0.0871. The molecule has 0 aromatic heterocycles. The van der Waals surface area contributed by atoms with Crippen LogP contribution >= 0.6 is 0 Å². The van der Waals surface area contributed by atoms with Crippen molar-refractivity contribution in [3.63, 3.8) is 0 Å². The van der Waals surface area contributed by atoms with E-state index >= 15 is 0 Å². The van der Waals surface area contributed by atoms with Crippen LogP contribution in [-0.2, 0) is 19.1 Å². The van der Waals surface area contributed by atoms with Crippen molar-refractivity contribution in [3.8, 4) is 0 Å². The third kappa shape index (κ3) is 61.8.